The second-order valence-electron chi connectivity index (χ2n) is 6.21. The lowest BCUT2D eigenvalue weighted by molar-refractivity contribution is -0.133. The molecule has 0 saturated heterocycles. The first-order chi connectivity index (χ1) is 10.2. The van der Waals surface area contributed by atoms with Crippen molar-refractivity contribution in [2.24, 2.45) is 11.3 Å². The minimum absolute atomic E-state index is 0.00728. The third-order valence-electron chi connectivity index (χ3n) is 4.21. The minimum atomic E-state index is -0.938. The van der Waals surface area contributed by atoms with E-state index in [1.54, 1.807) is 32.1 Å². The van der Waals surface area contributed by atoms with Crippen molar-refractivity contribution in [1.29, 1.82) is 0 Å². The standard InChI is InChI=1S/C18H24O4/c1-12-7-9-18(4,8-5-6-13(2)16(19)20)15(10-12)11-14(3)17(21)22/h5-6,8,10-11,15H,7,9H2,1-4H3,(H,19,20)(H,21,22)/b8-5+,13-6+,14-11+/t15-,18-/m0/s1. The molecule has 2 N–H and O–H groups in total. The number of hydrogen-bond acceptors (Lipinski definition) is 2. The maximum atomic E-state index is 11.1. The molecule has 2 atom stereocenters. The van der Waals surface area contributed by atoms with Crippen LogP contribution in [0.5, 0.6) is 0 Å². The van der Waals surface area contributed by atoms with E-state index >= 15 is 0 Å². The fourth-order valence-electron chi connectivity index (χ4n) is 2.47. The highest BCUT2D eigenvalue weighted by Gasteiger charge is 2.32. The summed E-state index contributed by atoms with van der Waals surface area (Å²) in [7, 11) is 0. The van der Waals surface area contributed by atoms with Crippen LogP contribution in [0.3, 0.4) is 0 Å². The highest BCUT2D eigenvalue weighted by molar-refractivity contribution is 5.86. The van der Waals surface area contributed by atoms with Crippen LogP contribution in [0.25, 0.3) is 0 Å². The summed E-state index contributed by atoms with van der Waals surface area (Å²) in [6.07, 6.45) is 11.1. The molecule has 0 aliphatic heterocycles. The SMILES string of the molecule is CC1=C[C@@H](/C=C(\C)C(=O)O)[C@@](C)(/C=C/C=C(\C)C(=O)O)CC1. The molecule has 0 fully saturated rings. The summed E-state index contributed by atoms with van der Waals surface area (Å²) in [5, 5.41) is 17.9. The Hall–Kier alpha value is -2.10. The number of rotatable bonds is 5. The van der Waals surface area contributed by atoms with Crippen molar-refractivity contribution in [2.75, 3.05) is 0 Å². The van der Waals surface area contributed by atoms with Crippen LogP contribution < -0.4 is 0 Å². The zero-order valence-corrected chi connectivity index (χ0v) is 13.6. The number of carboxylic acid groups (broad SMARTS) is 2. The molecule has 22 heavy (non-hydrogen) atoms. The Labute approximate surface area is 131 Å². The van der Waals surface area contributed by atoms with Crippen LogP contribution in [0.4, 0.5) is 0 Å². The molecule has 0 aromatic rings. The molecule has 0 amide bonds. The molecule has 0 aromatic heterocycles. The van der Waals surface area contributed by atoms with E-state index in [0.717, 1.165) is 12.8 Å². The number of aliphatic carboxylic acids is 2. The van der Waals surface area contributed by atoms with Crippen LogP contribution in [0, 0.1) is 11.3 Å². The lowest BCUT2D eigenvalue weighted by Crippen LogP contribution is -2.26. The fourth-order valence-corrected chi connectivity index (χ4v) is 2.47. The van der Waals surface area contributed by atoms with E-state index in [1.807, 2.05) is 6.08 Å². The molecule has 1 rings (SSSR count). The van der Waals surface area contributed by atoms with Gasteiger partial charge in [-0.2, -0.15) is 0 Å². The Kier molecular flexibility index (Phi) is 5.92. The van der Waals surface area contributed by atoms with E-state index < -0.39 is 11.9 Å². The largest absolute Gasteiger partial charge is 0.478 e. The molecule has 0 bridgehead atoms. The summed E-state index contributed by atoms with van der Waals surface area (Å²) in [6, 6.07) is 0. The van der Waals surface area contributed by atoms with Crippen molar-refractivity contribution in [1.82, 2.24) is 0 Å². The zero-order chi connectivity index (χ0) is 16.9. The summed E-state index contributed by atoms with van der Waals surface area (Å²) >= 11 is 0. The first kappa shape index (κ1) is 18.0. The zero-order valence-electron chi connectivity index (χ0n) is 13.6. The van der Waals surface area contributed by atoms with E-state index in [0.29, 0.717) is 5.57 Å². The van der Waals surface area contributed by atoms with Gasteiger partial charge >= 0.3 is 11.9 Å². The Morgan fingerprint density at radius 3 is 2.36 bits per heavy atom. The van der Waals surface area contributed by atoms with Crippen molar-refractivity contribution < 1.29 is 19.8 Å². The average molecular weight is 304 g/mol. The normalized spacial score (nSPS) is 26.9. The van der Waals surface area contributed by atoms with Crippen molar-refractivity contribution in [3.8, 4) is 0 Å². The van der Waals surface area contributed by atoms with Crippen LogP contribution in [0.1, 0.15) is 40.5 Å². The smallest absolute Gasteiger partial charge is 0.331 e. The van der Waals surface area contributed by atoms with Gasteiger partial charge in [-0.3, -0.25) is 0 Å². The summed E-state index contributed by atoms with van der Waals surface area (Å²) in [4.78, 5) is 21.9. The molecule has 0 unspecified atom stereocenters. The predicted octanol–water partition coefficient (Wildman–Crippen LogP) is 3.97. The van der Waals surface area contributed by atoms with Gasteiger partial charge in [0.25, 0.3) is 0 Å². The summed E-state index contributed by atoms with van der Waals surface area (Å²) in [5.74, 6) is -1.86. The molecule has 1 aliphatic rings. The van der Waals surface area contributed by atoms with Crippen LogP contribution in [-0.2, 0) is 9.59 Å². The van der Waals surface area contributed by atoms with E-state index in [1.165, 1.54) is 5.57 Å². The minimum Gasteiger partial charge on any atom is -0.478 e. The van der Waals surface area contributed by atoms with Crippen molar-refractivity contribution >= 4 is 11.9 Å². The molecule has 0 saturated carbocycles. The first-order valence-electron chi connectivity index (χ1n) is 7.34. The van der Waals surface area contributed by atoms with E-state index in [9.17, 15) is 9.59 Å². The molecule has 4 nitrogen and oxygen atoms in total. The van der Waals surface area contributed by atoms with Crippen LogP contribution >= 0.6 is 0 Å². The Balaban J connectivity index is 3.10. The fraction of sp³-hybridized carbons (Fsp3) is 0.444. The molecule has 0 spiro atoms. The maximum absolute atomic E-state index is 11.1. The van der Waals surface area contributed by atoms with Gasteiger partial charge in [0.1, 0.15) is 0 Å². The van der Waals surface area contributed by atoms with Crippen molar-refractivity contribution in [3.05, 3.63) is 47.1 Å². The lowest BCUT2D eigenvalue weighted by Gasteiger charge is -2.36. The van der Waals surface area contributed by atoms with Gasteiger partial charge < -0.3 is 10.2 Å². The maximum Gasteiger partial charge on any atom is 0.331 e. The lowest BCUT2D eigenvalue weighted by atomic mass is 9.68. The van der Waals surface area contributed by atoms with Crippen LogP contribution in [0.15, 0.2) is 47.1 Å². The number of allylic oxidation sites excluding steroid dienone is 6. The number of hydrogen-bond donors (Lipinski definition) is 2. The Morgan fingerprint density at radius 1 is 1.23 bits per heavy atom. The van der Waals surface area contributed by atoms with Crippen molar-refractivity contribution in [3.63, 3.8) is 0 Å². The van der Waals surface area contributed by atoms with Gasteiger partial charge in [-0.1, -0.05) is 42.9 Å². The molecular formula is C18H24O4. The molecule has 0 heterocycles. The van der Waals surface area contributed by atoms with Gasteiger partial charge in [0.2, 0.25) is 0 Å². The first-order valence-corrected chi connectivity index (χ1v) is 7.34. The summed E-state index contributed by atoms with van der Waals surface area (Å²) in [5.41, 5.74) is 1.64. The molecule has 0 aromatic carbocycles. The molecule has 1 aliphatic carbocycles. The number of carboxylic acids is 2. The Morgan fingerprint density at radius 2 is 1.82 bits per heavy atom. The van der Waals surface area contributed by atoms with Gasteiger partial charge in [0.15, 0.2) is 0 Å². The highest BCUT2D eigenvalue weighted by atomic mass is 16.4. The van der Waals surface area contributed by atoms with Gasteiger partial charge in [-0.05, 0) is 39.0 Å². The van der Waals surface area contributed by atoms with Crippen LogP contribution in [-0.4, -0.2) is 22.2 Å². The van der Waals surface area contributed by atoms with Crippen LogP contribution in [0.2, 0.25) is 0 Å². The predicted molar refractivity (Wildman–Crippen MR) is 86.5 cm³/mol. The van der Waals surface area contributed by atoms with E-state index in [4.69, 9.17) is 10.2 Å². The highest BCUT2D eigenvalue weighted by Crippen LogP contribution is 2.42. The Bertz CT molecular complexity index is 578. The average Bonchev–Trinajstić information content (AvgIpc) is 2.42. The van der Waals surface area contributed by atoms with E-state index in [-0.39, 0.29) is 16.9 Å². The van der Waals surface area contributed by atoms with E-state index in [2.05, 4.69) is 19.9 Å². The van der Waals surface area contributed by atoms with Crippen molar-refractivity contribution in [2.45, 2.75) is 40.5 Å². The second-order valence-corrected chi connectivity index (χ2v) is 6.21. The quantitative estimate of drug-likeness (QED) is 0.458. The molecule has 120 valence electrons. The van der Waals surface area contributed by atoms with Gasteiger partial charge in [0.05, 0.1) is 0 Å². The number of carbonyl (C=O) groups is 2. The summed E-state index contributed by atoms with van der Waals surface area (Å²) < 4.78 is 0. The third kappa shape index (κ3) is 4.72. The second kappa shape index (κ2) is 7.25. The molecule has 4 heteroatoms. The monoisotopic (exact) mass is 304 g/mol. The van der Waals surface area contributed by atoms with Gasteiger partial charge in [-0.15, -0.1) is 0 Å². The molecular weight excluding hydrogens is 280 g/mol. The summed E-state index contributed by atoms with van der Waals surface area (Å²) in [6.45, 7) is 7.27. The molecule has 0 radical (unpaired) electrons. The van der Waals surface area contributed by atoms with Gasteiger partial charge in [-0.25, -0.2) is 9.59 Å². The third-order valence-corrected chi connectivity index (χ3v) is 4.21. The topological polar surface area (TPSA) is 74.6 Å². The van der Waals surface area contributed by atoms with Gasteiger partial charge in [0, 0.05) is 17.1 Å².